The third-order valence-electron chi connectivity index (χ3n) is 1.21. The minimum absolute atomic E-state index is 0.639. The van der Waals surface area contributed by atoms with E-state index in [0.717, 1.165) is 5.69 Å². The Labute approximate surface area is 65.0 Å². The van der Waals surface area contributed by atoms with Gasteiger partial charge in [0.25, 0.3) is 0 Å². The van der Waals surface area contributed by atoms with Gasteiger partial charge in [-0.25, -0.2) is 0 Å². The number of rotatable bonds is 1. The van der Waals surface area contributed by atoms with E-state index in [-0.39, 0.29) is 0 Å². The van der Waals surface area contributed by atoms with Crippen molar-refractivity contribution in [3.8, 4) is 6.07 Å². The summed E-state index contributed by atoms with van der Waals surface area (Å²) >= 11 is 0. The highest BCUT2D eigenvalue weighted by molar-refractivity contribution is 5.41. The fourth-order valence-electron chi connectivity index (χ4n) is 0.718. The van der Waals surface area contributed by atoms with Gasteiger partial charge in [0.15, 0.2) is 0 Å². The predicted molar refractivity (Wildman–Crippen MR) is 41.6 cm³/mol. The second kappa shape index (κ2) is 3.47. The Bertz CT molecular complexity index is 292. The van der Waals surface area contributed by atoms with Gasteiger partial charge in [0.05, 0.1) is 17.3 Å². The van der Waals surface area contributed by atoms with Gasteiger partial charge >= 0.3 is 0 Å². The first kappa shape index (κ1) is 7.42. The normalized spacial score (nSPS) is 9.82. The van der Waals surface area contributed by atoms with Gasteiger partial charge in [-0.05, 0) is 24.3 Å². The van der Waals surface area contributed by atoms with Crippen LogP contribution in [0.25, 0.3) is 0 Å². The molecule has 1 rings (SSSR count). The van der Waals surface area contributed by atoms with E-state index >= 15 is 0 Å². The lowest BCUT2D eigenvalue weighted by atomic mass is 10.2. The number of azo groups is 1. The molecule has 11 heavy (non-hydrogen) atoms. The monoisotopic (exact) mass is 145 g/mol. The number of nitriles is 1. The first-order chi connectivity index (χ1) is 5.36. The van der Waals surface area contributed by atoms with Crippen molar-refractivity contribution in [2.45, 2.75) is 0 Å². The van der Waals surface area contributed by atoms with Crippen LogP contribution in [-0.4, -0.2) is 7.05 Å². The summed E-state index contributed by atoms with van der Waals surface area (Å²) in [7, 11) is 1.61. The van der Waals surface area contributed by atoms with E-state index in [1.165, 1.54) is 0 Å². The van der Waals surface area contributed by atoms with Gasteiger partial charge in [0, 0.05) is 7.05 Å². The molecule has 0 atom stereocenters. The number of nitrogens with zero attached hydrogens (tertiary/aromatic N) is 3. The topological polar surface area (TPSA) is 48.5 Å². The van der Waals surface area contributed by atoms with Crippen LogP contribution in [0.2, 0.25) is 0 Å². The van der Waals surface area contributed by atoms with Crippen LogP contribution in [0, 0.1) is 11.3 Å². The molecular formula is C8H7N3. The summed E-state index contributed by atoms with van der Waals surface area (Å²) in [5.74, 6) is 0. The molecule has 0 fully saturated rings. The van der Waals surface area contributed by atoms with Gasteiger partial charge in [-0.2, -0.15) is 15.5 Å². The van der Waals surface area contributed by atoms with Crippen LogP contribution in [0.4, 0.5) is 5.69 Å². The maximum atomic E-state index is 8.45. The quantitative estimate of drug-likeness (QED) is 0.559. The molecular weight excluding hydrogens is 138 g/mol. The molecule has 0 radical (unpaired) electrons. The first-order valence-corrected chi connectivity index (χ1v) is 3.17. The zero-order valence-corrected chi connectivity index (χ0v) is 6.15. The highest BCUT2D eigenvalue weighted by Crippen LogP contribution is 2.11. The molecule has 0 aliphatic carbocycles. The molecule has 0 aromatic heterocycles. The maximum Gasteiger partial charge on any atom is 0.0991 e. The smallest absolute Gasteiger partial charge is 0.0991 e. The molecule has 3 heteroatoms. The van der Waals surface area contributed by atoms with Gasteiger partial charge in [-0.15, -0.1) is 0 Å². The molecule has 0 spiro atoms. The van der Waals surface area contributed by atoms with Gasteiger partial charge in [0.1, 0.15) is 0 Å². The Balaban J connectivity index is 2.94. The summed E-state index contributed by atoms with van der Waals surface area (Å²) in [6, 6.07) is 8.96. The lowest BCUT2D eigenvalue weighted by Crippen LogP contribution is -1.69. The Morgan fingerprint density at radius 2 is 1.91 bits per heavy atom. The van der Waals surface area contributed by atoms with Crippen LogP contribution < -0.4 is 0 Å². The van der Waals surface area contributed by atoms with Crippen molar-refractivity contribution in [3.05, 3.63) is 29.8 Å². The Hall–Kier alpha value is -1.69. The van der Waals surface area contributed by atoms with Gasteiger partial charge < -0.3 is 0 Å². The molecule has 1 aromatic carbocycles. The van der Waals surface area contributed by atoms with Crippen LogP contribution in [0.3, 0.4) is 0 Å². The zero-order chi connectivity index (χ0) is 8.10. The van der Waals surface area contributed by atoms with E-state index in [1.807, 2.05) is 6.07 Å². The van der Waals surface area contributed by atoms with Crippen molar-refractivity contribution in [1.82, 2.24) is 0 Å². The molecule has 54 valence electrons. The lowest BCUT2D eigenvalue weighted by molar-refractivity contribution is 1.17. The minimum Gasteiger partial charge on any atom is -0.192 e. The van der Waals surface area contributed by atoms with Crippen LogP contribution in [0.15, 0.2) is 34.5 Å². The van der Waals surface area contributed by atoms with Gasteiger partial charge in [-0.1, -0.05) is 0 Å². The summed E-state index contributed by atoms with van der Waals surface area (Å²) in [5.41, 5.74) is 1.41. The van der Waals surface area contributed by atoms with Crippen molar-refractivity contribution in [3.63, 3.8) is 0 Å². The molecule has 0 aliphatic rings. The van der Waals surface area contributed by atoms with Crippen LogP contribution in [0.5, 0.6) is 0 Å². The standard InChI is InChI=1S/C8H7N3/c1-10-11-8-4-2-7(6-9)3-5-8/h2-5H,1H3/b11-10+. The van der Waals surface area contributed by atoms with Crippen molar-refractivity contribution in [2.24, 2.45) is 10.2 Å². The van der Waals surface area contributed by atoms with E-state index in [0.29, 0.717) is 5.56 Å². The van der Waals surface area contributed by atoms with Crippen LogP contribution in [0.1, 0.15) is 5.56 Å². The highest BCUT2D eigenvalue weighted by Gasteiger charge is 1.89. The summed E-state index contributed by atoms with van der Waals surface area (Å²) in [6.45, 7) is 0. The largest absolute Gasteiger partial charge is 0.192 e. The van der Waals surface area contributed by atoms with Crippen molar-refractivity contribution >= 4 is 5.69 Å². The molecule has 0 saturated carbocycles. The number of benzene rings is 1. The predicted octanol–water partition coefficient (Wildman–Crippen LogP) is 2.27. The van der Waals surface area contributed by atoms with E-state index in [1.54, 1.807) is 31.3 Å². The SMILES string of the molecule is C/N=N/c1ccc(C#N)cc1. The molecule has 0 N–H and O–H groups in total. The average molecular weight is 145 g/mol. The fourth-order valence-corrected chi connectivity index (χ4v) is 0.718. The lowest BCUT2D eigenvalue weighted by Gasteiger charge is -1.89. The zero-order valence-electron chi connectivity index (χ0n) is 6.15. The summed E-state index contributed by atoms with van der Waals surface area (Å²) < 4.78 is 0. The molecule has 0 aliphatic heterocycles. The van der Waals surface area contributed by atoms with E-state index < -0.39 is 0 Å². The number of hydrogen-bond donors (Lipinski definition) is 0. The Morgan fingerprint density at radius 1 is 1.27 bits per heavy atom. The summed E-state index contributed by atoms with van der Waals surface area (Å²) in [4.78, 5) is 0. The van der Waals surface area contributed by atoms with Crippen LogP contribution >= 0.6 is 0 Å². The van der Waals surface area contributed by atoms with Crippen molar-refractivity contribution < 1.29 is 0 Å². The Kier molecular flexibility index (Phi) is 2.34. The molecule has 0 saturated heterocycles. The third kappa shape index (κ3) is 1.87. The fraction of sp³-hybridized carbons (Fsp3) is 0.125. The second-order valence-corrected chi connectivity index (χ2v) is 1.96. The molecule has 0 amide bonds. The van der Waals surface area contributed by atoms with E-state index in [2.05, 4.69) is 10.2 Å². The number of hydrogen-bond acceptors (Lipinski definition) is 3. The van der Waals surface area contributed by atoms with Gasteiger partial charge in [0.2, 0.25) is 0 Å². The third-order valence-corrected chi connectivity index (χ3v) is 1.21. The maximum absolute atomic E-state index is 8.45. The molecule has 0 bridgehead atoms. The molecule has 1 aromatic rings. The van der Waals surface area contributed by atoms with Crippen molar-refractivity contribution in [1.29, 1.82) is 5.26 Å². The van der Waals surface area contributed by atoms with E-state index in [9.17, 15) is 0 Å². The second-order valence-electron chi connectivity index (χ2n) is 1.96. The summed E-state index contributed by atoms with van der Waals surface area (Å²) in [5, 5.41) is 15.9. The average Bonchev–Trinajstić information content (AvgIpc) is 2.07. The first-order valence-electron chi connectivity index (χ1n) is 3.17. The molecule has 3 nitrogen and oxygen atoms in total. The van der Waals surface area contributed by atoms with Crippen molar-refractivity contribution in [2.75, 3.05) is 7.05 Å². The summed E-state index contributed by atoms with van der Waals surface area (Å²) in [6.07, 6.45) is 0. The van der Waals surface area contributed by atoms with Crippen LogP contribution in [-0.2, 0) is 0 Å². The van der Waals surface area contributed by atoms with E-state index in [4.69, 9.17) is 5.26 Å². The minimum atomic E-state index is 0.639. The Morgan fingerprint density at radius 3 is 2.36 bits per heavy atom. The highest BCUT2D eigenvalue weighted by atomic mass is 15.1. The van der Waals surface area contributed by atoms with Gasteiger partial charge in [-0.3, -0.25) is 0 Å². The molecule has 0 heterocycles. The molecule has 0 unspecified atom stereocenters.